The molecule has 0 aliphatic carbocycles. The van der Waals surface area contributed by atoms with Crippen LogP contribution in [0, 0.1) is 0 Å². The van der Waals surface area contributed by atoms with E-state index in [-0.39, 0.29) is 31.0 Å². The molecule has 2 aromatic heterocycles. The third-order valence-corrected chi connectivity index (χ3v) is 7.68. The first-order chi connectivity index (χ1) is 15.0. The van der Waals surface area contributed by atoms with E-state index in [0.717, 1.165) is 0 Å². The molecule has 1 aromatic carbocycles. The highest BCUT2D eigenvalue weighted by Gasteiger charge is 2.56. The molecule has 0 radical (unpaired) electrons. The molecule has 2 aliphatic heterocycles. The Balaban J connectivity index is 1.40. The molecular weight excluding hydrogens is 423 g/mol. The zero-order valence-electron chi connectivity index (χ0n) is 16.6. The zero-order valence-corrected chi connectivity index (χ0v) is 17.4. The van der Waals surface area contributed by atoms with Crippen molar-refractivity contribution in [3.05, 3.63) is 61.4 Å². The van der Waals surface area contributed by atoms with Gasteiger partial charge in [-0.25, -0.2) is 27.8 Å². The lowest BCUT2D eigenvalue weighted by atomic mass is 9.98. The highest BCUT2D eigenvalue weighted by molar-refractivity contribution is 7.89. The Kier molecular flexibility index (Phi) is 4.95. The molecular formula is C20H21FN6O3S. The standard InChI is InChI=1S/C20H21FN6O3S/c21-17-13-25(18-12-19(24-14-23-18)26-9-7-22-15-26)8-6-20(17)27(10-11-30-20)31(28,29)16-4-2-1-3-5-16/h1-5,7,9,12,14-15,17H,6,8,10-11,13H2. The van der Waals surface area contributed by atoms with Crippen molar-refractivity contribution in [3.8, 4) is 5.82 Å². The van der Waals surface area contributed by atoms with Crippen molar-refractivity contribution >= 4 is 15.8 Å². The summed E-state index contributed by atoms with van der Waals surface area (Å²) in [5.41, 5.74) is -1.51. The first kappa shape index (κ1) is 20.0. The zero-order chi connectivity index (χ0) is 21.5. The van der Waals surface area contributed by atoms with E-state index in [1.165, 1.54) is 22.8 Å². The monoisotopic (exact) mass is 444 g/mol. The van der Waals surface area contributed by atoms with E-state index in [4.69, 9.17) is 4.74 Å². The molecule has 0 N–H and O–H groups in total. The smallest absolute Gasteiger partial charge is 0.245 e. The van der Waals surface area contributed by atoms with Crippen LogP contribution in [0.4, 0.5) is 10.2 Å². The van der Waals surface area contributed by atoms with Crippen LogP contribution < -0.4 is 4.90 Å². The average molecular weight is 444 g/mol. The molecule has 0 bridgehead atoms. The average Bonchev–Trinajstić information content (AvgIpc) is 3.48. The molecule has 1 spiro atoms. The molecule has 4 heterocycles. The molecule has 31 heavy (non-hydrogen) atoms. The summed E-state index contributed by atoms with van der Waals surface area (Å²) in [7, 11) is -3.88. The van der Waals surface area contributed by atoms with Crippen LogP contribution in [0.5, 0.6) is 0 Å². The number of anilines is 1. The van der Waals surface area contributed by atoms with Crippen molar-refractivity contribution < 1.29 is 17.5 Å². The van der Waals surface area contributed by atoms with Crippen molar-refractivity contribution in [1.82, 2.24) is 23.8 Å². The molecule has 3 aromatic rings. The SMILES string of the molecule is O=S(=O)(c1ccccc1)N1CCOC12CCN(c1cc(-n3ccnc3)ncn1)CC2F. The summed E-state index contributed by atoms with van der Waals surface area (Å²) in [4.78, 5) is 14.4. The van der Waals surface area contributed by atoms with Gasteiger partial charge in [0.15, 0.2) is 11.9 Å². The van der Waals surface area contributed by atoms with Gasteiger partial charge in [-0.05, 0) is 12.1 Å². The molecule has 11 heteroatoms. The molecule has 162 valence electrons. The van der Waals surface area contributed by atoms with Gasteiger partial charge in [0.25, 0.3) is 0 Å². The second kappa shape index (κ2) is 7.66. The first-order valence-corrected chi connectivity index (χ1v) is 11.4. The quantitative estimate of drug-likeness (QED) is 0.604. The van der Waals surface area contributed by atoms with Crippen LogP contribution in [0.3, 0.4) is 0 Å². The highest BCUT2D eigenvalue weighted by atomic mass is 32.2. The second-order valence-corrected chi connectivity index (χ2v) is 9.31. The van der Waals surface area contributed by atoms with Gasteiger partial charge in [-0.2, -0.15) is 4.31 Å². The summed E-state index contributed by atoms with van der Waals surface area (Å²) in [5, 5.41) is 0. The normalized spacial score (nSPS) is 24.7. The fraction of sp³-hybridized carbons (Fsp3) is 0.350. The third-order valence-electron chi connectivity index (χ3n) is 5.74. The lowest BCUT2D eigenvalue weighted by Gasteiger charge is -2.45. The largest absolute Gasteiger partial charge is 0.355 e. The van der Waals surface area contributed by atoms with Gasteiger partial charge in [-0.3, -0.25) is 4.57 Å². The lowest BCUT2D eigenvalue weighted by molar-refractivity contribution is -0.116. The van der Waals surface area contributed by atoms with Gasteiger partial charge in [-0.1, -0.05) is 18.2 Å². The predicted octanol–water partition coefficient (Wildman–Crippen LogP) is 1.63. The van der Waals surface area contributed by atoms with Gasteiger partial charge >= 0.3 is 0 Å². The summed E-state index contributed by atoms with van der Waals surface area (Å²) >= 11 is 0. The van der Waals surface area contributed by atoms with Crippen molar-refractivity contribution in [2.45, 2.75) is 23.2 Å². The number of hydrogen-bond donors (Lipinski definition) is 0. The van der Waals surface area contributed by atoms with Crippen molar-refractivity contribution in [2.75, 3.05) is 31.1 Å². The summed E-state index contributed by atoms with van der Waals surface area (Å²) in [6, 6.07) is 9.83. The van der Waals surface area contributed by atoms with Crippen molar-refractivity contribution in [2.24, 2.45) is 0 Å². The molecule has 5 rings (SSSR count). The Morgan fingerprint density at radius 1 is 1.13 bits per heavy atom. The fourth-order valence-electron chi connectivity index (χ4n) is 4.19. The number of halogens is 1. The fourth-order valence-corrected chi connectivity index (χ4v) is 5.92. The number of sulfonamides is 1. The van der Waals surface area contributed by atoms with Crippen molar-refractivity contribution in [3.63, 3.8) is 0 Å². The molecule has 2 atom stereocenters. The van der Waals surface area contributed by atoms with Gasteiger partial charge < -0.3 is 9.64 Å². The topological polar surface area (TPSA) is 93.5 Å². The van der Waals surface area contributed by atoms with E-state index in [1.54, 1.807) is 52.5 Å². The summed E-state index contributed by atoms with van der Waals surface area (Å²) in [5.74, 6) is 1.18. The third kappa shape index (κ3) is 3.38. The van der Waals surface area contributed by atoms with E-state index in [0.29, 0.717) is 18.2 Å². The number of piperidine rings is 1. The minimum atomic E-state index is -3.88. The van der Waals surface area contributed by atoms with E-state index in [9.17, 15) is 8.42 Å². The number of ether oxygens (including phenoxy) is 1. The molecule has 0 saturated carbocycles. The maximum absolute atomic E-state index is 15.6. The number of rotatable bonds is 4. The van der Waals surface area contributed by atoms with Gasteiger partial charge in [0, 0.05) is 38.0 Å². The van der Waals surface area contributed by atoms with Gasteiger partial charge in [0.05, 0.1) is 18.0 Å². The highest BCUT2D eigenvalue weighted by Crippen LogP contribution is 2.40. The molecule has 2 fully saturated rings. The Bertz CT molecular complexity index is 1160. The number of nitrogens with zero attached hydrogens (tertiary/aromatic N) is 6. The number of hydrogen-bond acceptors (Lipinski definition) is 7. The van der Waals surface area contributed by atoms with Crippen LogP contribution in [-0.2, 0) is 14.8 Å². The van der Waals surface area contributed by atoms with Gasteiger partial charge in [0.1, 0.15) is 24.3 Å². The van der Waals surface area contributed by atoms with E-state index >= 15 is 4.39 Å². The van der Waals surface area contributed by atoms with Crippen molar-refractivity contribution in [1.29, 1.82) is 0 Å². The Morgan fingerprint density at radius 2 is 1.94 bits per heavy atom. The minimum Gasteiger partial charge on any atom is -0.355 e. The molecule has 2 aliphatic rings. The molecule has 2 saturated heterocycles. The van der Waals surface area contributed by atoms with Crippen LogP contribution in [0.25, 0.3) is 5.82 Å². The predicted molar refractivity (Wildman–Crippen MR) is 110 cm³/mol. The Hall–Kier alpha value is -2.89. The van der Waals surface area contributed by atoms with Crippen LogP contribution in [0.2, 0.25) is 0 Å². The van der Waals surface area contributed by atoms with E-state index in [1.807, 2.05) is 0 Å². The maximum atomic E-state index is 15.6. The number of imidazole rings is 1. The van der Waals surface area contributed by atoms with Crippen LogP contribution >= 0.6 is 0 Å². The summed E-state index contributed by atoms with van der Waals surface area (Å²) in [6.07, 6.45) is 5.07. The molecule has 9 nitrogen and oxygen atoms in total. The lowest BCUT2D eigenvalue weighted by Crippen LogP contribution is -2.62. The van der Waals surface area contributed by atoms with Crippen LogP contribution in [-0.4, -0.2) is 70.4 Å². The van der Waals surface area contributed by atoms with Crippen LogP contribution in [0.1, 0.15) is 6.42 Å². The Morgan fingerprint density at radius 3 is 2.68 bits per heavy atom. The molecule has 0 amide bonds. The van der Waals surface area contributed by atoms with Crippen LogP contribution in [0.15, 0.2) is 66.3 Å². The Labute approximate surface area is 179 Å². The molecule has 2 unspecified atom stereocenters. The van der Waals surface area contributed by atoms with E-state index < -0.39 is 21.9 Å². The minimum absolute atomic E-state index is 0.0405. The van der Waals surface area contributed by atoms with E-state index in [2.05, 4.69) is 15.0 Å². The summed E-state index contributed by atoms with van der Waals surface area (Å²) in [6.45, 7) is 0.628. The second-order valence-electron chi connectivity index (χ2n) is 7.45. The number of alkyl halides is 1. The first-order valence-electron chi connectivity index (χ1n) is 9.92. The summed E-state index contributed by atoms with van der Waals surface area (Å²) < 4.78 is 50.8. The maximum Gasteiger partial charge on any atom is 0.245 e. The van der Waals surface area contributed by atoms with Gasteiger partial charge in [-0.15, -0.1) is 0 Å². The van der Waals surface area contributed by atoms with Gasteiger partial charge in [0.2, 0.25) is 10.0 Å². The number of benzene rings is 1. The number of aromatic nitrogens is 4.